The maximum Gasteiger partial charge on any atom is 0.254 e. The van der Waals surface area contributed by atoms with Crippen molar-refractivity contribution in [3.63, 3.8) is 0 Å². The molecule has 1 aromatic heterocycles. The number of rotatable bonds is 7. The Labute approximate surface area is 193 Å². The predicted octanol–water partition coefficient (Wildman–Crippen LogP) is 5.13. The van der Waals surface area contributed by atoms with E-state index in [1.807, 2.05) is 65.6 Å². The van der Waals surface area contributed by atoms with Gasteiger partial charge in [-0.15, -0.1) is 0 Å². The van der Waals surface area contributed by atoms with Crippen LogP contribution in [0.1, 0.15) is 58.9 Å². The Morgan fingerprint density at radius 3 is 2.66 bits per heavy atom. The number of hydrogen-bond donors (Lipinski definition) is 1. The second kappa shape index (κ2) is 9.96. The molecule has 32 heavy (non-hydrogen) atoms. The molecule has 2 heterocycles. The molecule has 0 fully saturated rings. The molecule has 5 nitrogen and oxygen atoms in total. The Kier molecular flexibility index (Phi) is 6.86. The lowest BCUT2D eigenvalue weighted by Crippen LogP contribution is -2.47. The number of amides is 2. The second-order valence-corrected chi connectivity index (χ2v) is 8.39. The summed E-state index contributed by atoms with van der Waals surface area (Å²) in [6, 6.07) is 20.0. The topological polar surface area (TPSA) is 62.3 Å². The average Bonchev–Trinajstić information content (AvgIpc) is 2.82. The average molecular weight is 448 g/mol. The highest BCUT2D eigenvalue weighted by atomic mass is 35.5. The van der Waals surface area contributed by atoms with E-state index < -0.39 is 12.0 Å². The van der Waals surface area contributed by atoms with E-state index in [0.717, 1.165) is 29.7 Å². The summed E-state index contributed by atoms with van der Waals surface area (Å²) in [6.07, 6.45) is 3.51. The molecule has 4 rings (SSSR count). The third-order valence-electron chi connectivity index (χ3n) is 5.83. The zero-order chi connectivity index (χ0) is 22.5. The first-order chi connectivity index (χ1) is 15.6. The number of carbonyl (C=O) groups excluding carboxylic acids is 2. The summed E-state index contributed by atoms with van der Waals surface area (Å²) in [5.41, 5.74) is 2.96. The van der Waals surface area contributed by atoms with Crippen LogP contribution in [-0.4, -0.2) is 28.2 Å². The summed E-state index contributed by atoms with van der Waals surface area (Å²) in [6.45, 7) is 2.99. The maximum atomic E-state index is 13.6. The summed E-state index contributed by atoms with van der Waals surface area (Å²) in [4.78, 5) is 33.2. The Hall–Kier alpha value is -3.18. The van der Waals surface area contributed by atoms with Crippen molar-refractivity contribution in [3.05, 3.63) is 100 Å². The van der Waals surface area contributed by atoms with E-state index >= 15 is 0 Å². The molecule has 1 aliphatic rings. The molecule has 0 saturated carbocycles. The molecule has 0 saturated heterocycles. The van der Waals surface area contributed by atoms with Crippen LogP contribution in [0.4, 0.5) is 0 Å². The lowest BCUT2D eigenvalue weighted by Gasteiger charge is -2.42. The lowest BCUT2D eigenvalue weighted by molar-refractivity contribution is -0.124. The quantitative estimate of drug-likeness (QED) is 0.546. The monoisotopic (exact) mass is 447 g/mol. The molecule has 2 amide bonds. The third-order valence-corrected chi connectivity index (χ3v) is 6.07. The summed E-state index contributed by atoms with van der Waals surface area (Å²) < 4.78 is 0. The van der Waals surface area contributed by atoms with Crippen LogP contribution in [-0.2, 0) is 11.3 Å². The zero-order valence-electron chi connectivity index (χ0n) is 18.0. The number of hydrogen-bond acceptors (Lipinski definition) is 3. The number of halogens is 1. The SMILES string of the molecule is CCCCN1C(=O)c2ccccc2C(C(=O)NCc2ccccn2)C1c1cccc(Cl)c1. The Morgan fingerprint density at radius 2 is 1.91 bits per heavy atom. The molecule has 2 aromatic carbocycles. The highest BCUT2D eigenvalue weighted by Gasteiger charge is 2.43. The van der Waals surface area contributed by atoms with Crippen molar-refractivity contribution in [3.8, 4) is 0 Å². The van der Waals surface area contributed by atoms with Gasteiger partial charge in [-0.25, -0.2) is 0 Å². The van der Waals surface area contributed by atoms with E-state index in [1.54, 1.807) is 12.3 Å². The van der Waals surface area contributed by atoms with Gasteiger partial charge in [0.1, 0.15) is 0 Å². The minimum atomic E-state index is -0.553. The van der Waals surface area contributed by atoms with Gasteiger partial charge < -0.3 is 10.2 Å². The van der Waals surface area contributed by atoms with Crippen LogP contribution in [0.3, 0.4) is 0 Å². The van der Waals surface area contributed by atoms with Crippen molar-refractivity contribution < 1.29 is 9.59 Å². The van der Waals surface area contributed by atoms with E-state index in [1.165, 1.54) is 0 Å². The van der Waals surface area contributed by atoms with E-state index in [2.05, 4.69) is 17.2 Å². The van der Waals surface area contributed by atoms with Crippen LogP contribution in [0.25, 0.3) is 0 Å². The van der Waals surface area contributed by atoms with Crippen LogP contribution < -0.4 is 5.32 Å². The Morgan fingerprint density at radius 1 is 1.09 bits per heavy atom. The molecule has 1 aliphatic heterocycles. The molecular formula is C26H26ClN3O2. The van der Waals surface area contributed by atoms with Crippen molar-refractivity contribution >= 4 is 23.4 Å². The van der Waals surface area contributed by atoms with Crippen molar-refractivity contribution in [1.29, 1.82) is 0 Å². The third kappa shape index (κ3) is 4.53. The largest absolute Gasteiger partial charge is 0.350 e. The smallest absolute Gasteiger partial charge is 0.254 e. The lowest BCUT2D eigenvalue weighted by atomic mass is 9.79. The Balaban J connectivity index is 1.77. The van der Waals surface area contributed by atoms with Gasteiger partial charge in [0, 0.05) is 23.3 Å². The minimum Gasteiger partial charge on any atom is -0.350 e. The van der Waals surface area contributed by atoms with Crippen molar-refractivity contribution in [2.75, 3.05) is 6.54 Å². The van der Waals surface area contributed by atoms with Gasteiger partial charge in [-0.2, -0.15) is 0 Å². The molecule has 2 atom stereocenters. The number of unbranched alkanes of at least 4 members (excludes halogenated alkanes) is 1. The molecule has 3 aromatic rings. The molecule has 164 valence electrons. The fourth-order valence-corrected chi connectivity index (χ4v) is 4.50. The fraction of sp³-hybridized carbons (Fsp3) is 0.269. The molecule has 0 aliphatic carbocycles. The number of carbonyl (C=O) groups is 2. The van der Waals surface area contributed by atoms with Gasteiger partial charge in [0.25, 0.3) is 5.91 Å². The van der Waals surface area contributed by atoms with Crippen LogP contribution in [0.2, 0.25) is 5.02 Å². The summed E-state index contributed by atoms with van der Waals surface area (Å²) >= 11 is 6.31. The number of benzene rings is 2. The van der Waals surface area contributed by atoms with Crippen LogP contribution >= 0.6 is 11.6 Å². The predicted molar refractivity (Wildman–Crippen MR) is 125 cm³/mol. The van der Waals surface area contributed by atoms with Gasteiger partial charge >= 0.3 is 0 Å². The summed E-state index contributed by atoms with van der Waals surface area (Å²) in [5.74, 6) is -0.738. The number of aromatic nitrogens is 1. The molecule has 6 heteroatoms. The molecule has 1 N–H and O–H groups in total. The van der Waals surface area contributed by atoms with E-state index in [0.29, 0.717) is 23.7 Å². The van der Waals surface area contributed by atoms with Crippen molar-refractivity contribution in [2.45, 2.75) is 38.3 Å². The Bertz CT molecular complexity index is 1100. The number of fused-ring (bicyclic) bond motifs is 1. The number of nitrogens with one attached hydrogen (secondary N) is 1. The van der Waals surface area contributed by atoms with Gasteiger partial charge in [-0.3, -0.25) is 14.6 Å². The van der Waals surface area contributed by atoms with Gasteiger partial charge in [-0.05, 0) is 47.9 Å². The fourth-order valence-electron chi connectivity index (χ4n) is 4.30. The van der Waals surface area contributed by atoms with Gasteiger partial charge in [0.15, 0.2) is 0 Å². The number of pyridine rings is 1. The van der Waals surface area contributed by atoms with Crippen LogP contribution in [0.5, 0.6) is 0 Å². The maximum absolute atomic E-state index is 13.6. The first-order valence-electron chi connectivity index (χ1n) is 10.9. The van der Waals surface area contributed by atoms with Gasteiger partial charge in [0.05, 0.1) is 24.2 Å². The molecule has 0 spiro atoms. The first kappa shape index (κ1) is 22.0. The zero-order valence-corrected chi connectivity index (χ0v) is 18.8. The summed E-state index contributed by atoms with van der Waals surface area (Å²) in [5, 5.41) is 3.62. The normalized spacial score (nSPS) is 17.7. The molecule has 0 bridgehead atoms. The van der Waals surface area contributed by atoms with Crippen molar-refractivity contribution in [1.82, 2.24) is 15.2 Å². The molecular weight excluding hydrogens is 422 g/mol. The first-order valence-corrected chi connectivity index (χ1v) is 11.3. The van der Waals surface area contributed by atoms with E-state index in [-0.39, 0.29) is 11.8 Å². The standard InChI is InChI=1S/C26H26ClN3O2/c1-2-3-15-30-24(18-9-8-10-19(27)16-18)23(21-12-4-5-13-22(21)26(30)32)25(31)29-17-20-11-6-7-14-28-20/h4-14,16,23-24H,2-3,15,17H2,1H3,(H,29,31). The molecule has 0 radical (unpaired) electrons. The highest BCUT2D eigenvalue weighted by molar-refractivity contribution is 6.30. The van der Waals surface area contributed by atoms with E-state index in [4.69, 9.17) is 11.6 Å². The summed E-state index contributed by atoms with van der Waals surface area (Å²) in [7, 11) is 0. The molecule has 2 unspecified atom stereocenters. The van der Waals surface area contributed by atoms with Crippen LogP contribution in [0.15, 0.2) is 72.9 Å². The van der Waals surface area contributed by atoms with Gasteiger partial charge in [-0.1, -0.05) is 61.3 Å². The minimum absolute atomic E-state index is 0.0483. The van der Waals surface area contributed by atoms with Crippen LogP contribution in [0, 0.1) is 0 Å². The van der Waals surface area contributed by atoms with Gasteiger partial charge in [0.2, 0.25) is 5.91 Å². The highest BCUT2D eigenvalue weighted by Crippen LogP contribution is 2.43. The van der Waals surface area contributed by atoms with E-state index in [9.17, 15) is 9.59 Å². The number of nitrogens with zero attached hydrogens (tertiary/aromatic N) is 2. The van der Waals surface area contributed by atoms with Crippen molar-refractivity contribution in [2.24, 2.45) is 0 Å². The second-order valence-electron chi connectivity index (χ2n) is 7.96.